The first-order valence-electron chi connectivity index (χ1n) is 6.51. The lowest BCUT2D eigenvalue weighted by Crippen LogP contribution is -2.39. The summed E-state index contributed by atoms with van der Waals surface area (Å²) in [5.41, 5.74) is 12.1. The molecule has 2 amide bonds. The summed E-state index contributed by atoms with van der Waals surface area (Å²) in [6.07, 6.45) is -0.211. The SMILES string of the molecule is COCCOc1cc(C)ccc1NC(=O)C(N)CC(N)=O. The average Bonchev–Trinajstić information content (AvgIpc) is 2.41. The predicted octanol–water partition coefficient (Wildman–Crippen LogP) is 0.161. The number of benzene rings is 1. The van der Waals surface area contributed by atoms with Gasteiger partial charge in [-0.3, -0.25) is 9.59 Å². The van der Waals surface area contributed by atoms with Crippen molar-refractivity contribution in [3.63, 3.8) is 0 Å². The summed E-state index contributed by atoms with van der Waals surface area (Å²) < 4.78 is 10.5. The number of ether oxygens (including phenoxy) is 2. The van der Waals surface area contributed by atoms with Crippen LogP contribution in [-0.2, 0) is 14.3 Å². The molecular weight excluding hydrogens is 274 g/mol. The summed E-state index contributed by atoms with van der Waals surface area (Å²) >= 11 is 0. The quantitative estimate of drug-likeness (QED) is 0.591. The Labute approximate surface area is 123 Å². The summed E-state index contributed by atoms with van der Waals surface area (Å²) in [5, 5.41) is 2.63. The molecule has 0 aromatic heterocycles. The van der Waals surface area contributed by atoms with E-state index >= 15 is 0 Å². The molecule has 1 unspecified atom stereocenters. The highest BCUT2D eigenvalue weighted by molar-refractivity contribution is 5.98. The summed E-state index contributed by atoms with van der Waals surface area (Å²) in [6.45, 7) is 2.70. The van der Waals surface area contributed by atoms with E-state index in [0.717, 1.165) is 5.56 Å². The number of aryl methyl sites for hydroxylation is 1. The molecule has 21 heavy (non-hydrogen) atoms. The molecule has 5 N–H and O–H groups in total. The molecule has 7 heteroatoms. The van der Waals surface area contributed by atoms with Crippen molar-refractivity contribution in [1.29, 1.82) is 0 Å². The number of carbonyl (C=O) groups is 2. The average molecular weight is 295 g/mol. The first kappa shape index (κ1) is 16.9. The molecule has 0 radical (unpaired) electrons. The molecule has 0 aliphatic carbocycles. The number of amides is 2. The van der Waals surface area contributed by atoms with Gasteiger partial charge in [0, 0.05) is 7.11 Å². The van der Waals surface area contributed by atoms with E-state index < -0.39 is 17.9 Å². The van der Waals surface area contributed by atoms with Crippen LogP contribution in [-0.4, -0.2) is 38.2 Å². The van der Waals surface area contributed by atoms with E-state index in [-0.39, 0.29) is 6.42 Å². The lowest BCUT2D eigenvalue weighted by molar-refractivity contribution is -0.123. The number of methoxy groups -OCH3 is 1. The maximum Gasteiger partial charge on any atom is 0.241 e. The number of hydrogen-bond acceptors (Lipinski definition) is 5. The van der Waals surface area contributed by atoms with E-state index in [1.54, 1.807) is 19.2 Å². The standard InChI is InChI=1S/C14H21N3O4/c1-9-3-4-11(12(7-9)21-6-5-20-2)17-14(19)10(15)8-13(16)18/h3-4,7,10H,5-6,8,15H2,1-2H3,(H2,16,18)(H,17,19). The van der Waals surface area contributed by atoms with E-state index in [0.29, 0.717) is 24.7 Å². The zero-order valence-corrected chi connectivity index (χ0v) is 12.2. The maximum atomic E-state index is 11.9. The van der Waals surface area contributed by atoms with Crippen molar-refractivity contribution in [1.82, 2.24) is 0 Å². The molecule has 0 fully saturated rings. The molecule has 0 saturated heterocycles. The molecule has 0 heterocycles. The van der Waals surface area contributed by atoms with Crippen molar-refractivity contribution in [3.8, 4) is 5.75 Å². The Bertz CT molecular complexity index is 505. The number of rotatable bonds is 8. The minimum absolute atomic E-state index is 0.211. The van der Waals surface area contributed by atoms with Crippen LogP contribution in [0.2, 0.25) is 0 Å². The van der Waals surface area contributed by atoms with Crippen molar-refractivity contribution in [2.24, 2.45) is 11.5 Å². The smallest absolute Gasteiger partial charge is 0.241 e. The first-order valence-corrected chi connectivity index (χ1v) is 6.51. The molecule has 0 spiro atoms. The van der Waals surface area contributed by atoms with Crippen LogP contribution >= 0.6 is 0 Å². The predicted molar refractivity (Wildman–Crippen MR) is 79.0 cm³/mol. The topological polar surface area (TPSA) is 117 Å². The second-order valence-corrected chi connectivity index (χ2v) is 4.61. The molecule has 0 aliphatic heterocycles. The highest BCUT2D eigenvalue weighted by Gasteiger charge is 2.17. The van der Waals surface area contributed by atoms with Crippen molar-refractivity contribution in [2.45, 2.75) is 19.4 Å². The van der Waals surface area contributed by atoms with Gasteiger partial charge >= 0.3 is 0 Å². The molecule has 0 bridgehead atoms. The fraction of sp³-hybridized carbons (Fsp3) is 0.429. The van der Waals surface area contributed by atoms with Gasteiger partial charge < -0.3 is 26.3 Å². The van der Waals surface area contributed by atoms with Gasteiger partial charge in [-0.25, -0.2) is 0 Å². The Morgan fingerprint density at radius 1 is 1.33 bits per heavy atom. The lowest BCUT2D eigenvalue weighted by atomic mass is 10.1. The second-order valence-electron chi connectivity index (χ2n) is 4.61. The number of anilines is 1. The van der Waals surface area contributed by atoms with Gasteiger partial charge in [0.05, 0.1) is 24.8 Å². The maximum absolute atomic E-state index is 11.9. The molecule has 1 atom stereocenters. The van der Waals surface area contributed by atoms with Crippen LogP contribution < -0.4 is 21.5 Å². The largest absolute Gasteiger partial charge is 0.489 e. The van der Waals surface area contributed by atoms with Crippen LogP contribution in [0.4, 0.5) is 5.69 Å². The summed E-state index contributed by atoms with van der Waals surface area (Å²) in [4.78, 5) is 22.7. The third-order valence-electron chi connectivity index (χ3n) is 2.70. The Morgan fingerprint density at radius 2 is 2.05 bits per heavy atom. The van der Waals surface area contributed by atoms with Crippen molar-refractivity contribution in [2.75, 3.05) is 25.6 Å². The summed E-state index contributed by atoms with van der Waals surface area (Å²) in [5.74, 6) is -0.598. The number of nitrogens with two attached hydrogens (primary N) is 2. The molecule has 1 aromatic carbocycles. The summed E-state index contributed by atoms with van der Waals surface area (Å²) in [6, 6.07) is 4.35. The van der Waals surface area contributed by atoms with Gasteiger partial charge in [0.15, 0.2) is 0 Å². The fourth-order valence-corrected chi connectivity index (χ4v) is 1.62. The van der Waals surface area contributed by atoms with Crippen LogP contribution in [0.1, 0.15) is 12.0 Å². The van der Waals surface area contributed by atoms with Crippen LogP contribution in [0.15, 0.2) is 18.2 Å². The van der Waals surface area contributed by atoms with Gasteiger partial charge in [0.25, 0.3) is 0 Å². The Kier molecular flexibility index (Phi) is 6.64. The number of carbonyl (C=O) groups excluding carboxylic acids is 2. The van der Waals surface area contributed by atoms with Crippen molar-refractivity contribution in [3.05, 3.63) is 23.8 Å². The Balaban J connectivity index is 2.76. The van der Waals surface area contributed by atoms with Gasteiger partial charge in [-0.2, -0.15) is 0 Å². The van der Waals surface area contributed by atoms with Crippen LogP contribution in [0.25, 0.3) is 0 Å². The molecule has 1 aromatic rings. The second kappa shape index (κ2) is 8.23. The highest BCUT2D eigenvalue weighted by Crippen LogP contribution is 2.25. The minimum Gasteiger partial charge on any atom is -0.489 e. The van der Waals surface area contributed by atoms with E-state index in [1.807, 2.05) is 13.0 Å². The highest BCUT2D eigenvalue weighted by atomic mass is 16.5. The zero-order valence-electron chi connectivity index (χ0n) is 12.2. The number of nitrogens with one attached hydrogen (secondary N) is 1. The monoisotopic (exact) mass is 295 g/mol. The lowest BCUT2D eigenvalue weighted by Gasteiger charge is -2.15. The van der Waals surface area contributed by atoms with Gasteiger partial charge in [-0.05, 0) is 24.6 Å². The number of hydrogen-bond donors (Lipinski definition) is 3. The molecule has 0 saturated carbocycles. The number of primary amides is 1. The molecular formula is C14H21N3O4. The Morgan fingerprint density at radius 3 is 2.67 bits per heavy atom. The molecule has 1 rings (SSSR count). The van der Waals surface area contributed by atoms with Gasteiger partial charge in [-0.1, -0.05) is 6.07 Å². The van der Waals surface area contributed by atoms with Gasteiger partial charge in [0.1, 0.15) is 12.4 Å². The summed E-state index contributed by atoms with van der Waals surface area (Å²) in [7, 11) is 1.57. The van der Waals surface area contributed by atoms with E-state index in [1.165, 1.54) is 0 Å². The van der Waals surface area contributed by atoms with Crippen molar-refractivity contribution >= 4 is 17.5 Å². The molecule has 7 nitrogen and oxygen atoms in total. The minimum atomic E-state index is -0.990. The first-order chi connectivity index (χ1) is 9.93. The third-order valence-corrected chi connectivity index (χ3v) is 2.70. The van der Waals surface area contributed by atoms with E-state index in [4.69, 9.17) is 20.9 Å². The molecule has 0 aliphatic rings. The zero-order chi connectivity index (χ0) is 15.8. The fourth-order valence-electron chi connectivity index (χ4n) is 1.62. The van der Waals surface area contributed by atoms with Crippen LogP contribution in [0.5, 0.6) is 5.75 Å². The third kappa shape index (κ3) is 5.80. The van der Waals surface area contributed by atoms with Gasteiger partial charge in [0.2, 0.25) is 11.8 Å². The Hall–Kier alpha value is -2.12. The van der Waals surface area contributed by atoms with Crippen LogP contribution in [0, 0.1) is 6.92 Å². The van der Waals surface area contributed by atoms with Crippen molar-refractivity contribution < 1.29 is 19.1 Å². The normalized spacial score (nSPS) is 11.8. The molecule has 116 valence electrons. The van der Waals surface area contributed by atoms with E-state index in [2.05, 4.69) is 5.32 Å². The van der Waals surface area contributed by atoms with Crippen LogP contribution in [0.3, 0.4) is 0 Å². The van der Waals surface area contributed by atoms with Gasteiger partial charge in [-0.15, -0.1) is 0 Å². The van der Waals surface area contributed by atoms with E-state index in [9.17, 15) is 9.59 Å².